The van der Waals surface area contributed by atoms with Crippen molar-refractivity contribution in [1.82, 2.24) is 4.90 Å². The molecule has 1 aromatic rings. The molecular formula is C16H24FNO2. The summed E-state index contributed by atoms with van der Waals surface area (Å²) in [6, 6.07) is 4.34. The number of halogens is 1. The molecule has 1 aromatic carbocycles. The monoisotopic (exact) mass is 281 g/mol. The predicted octanol–water partition coefficient (Wildman–Crippen LogP) is 3.64. The summed E-state index contributed by atoms with van der Waals surface area (Å²) in [6.07, 6.45) is 0. The quantitative estimate of drug-likeness (QED) is 0.829. The summed E-state index contributed by atoms with van der Waals surface area (Å²) >= 11 is 0. The number of hydrogen-bond donors (Lipinski definition) is 1. The van der Waals surface area contributed by atoms with E-state index in [0.29, 0.717) is 18.4 Å². The fraction of sp³-hybridized carbons (Fsp3) is 0.562. The topological polar surface area (TPSA) is 40.5 Å². The van der Waals surface area contributed by atoms with Gasteiger partial charge in [-0.15, -0.1) is 0 Å². The van der Waals surface area contributed by atoms with E-state index in [-0.39, 0.29) is 5.56 Å². The van der Waals surface area contributed by atoms with Crippen LogP contribution in [0.25, 0.3) is 0 Å². The first-order valence-corrected chi connectivity index (χ1v) is 7.03. The standard InChI is InChI=1S/C16H24FNO2/c1-11(2)8-18(9-12(3)4)10-13-5-6-15(17)14(7-13)16(19)20/h5-7,11-12H,8-10H2,1-4H3,(H,19,20). The zero-order valence-electron chi connectivity index (χ0n) is 12.7. The van der Waals surface area contributed by atoms with Gasteiger partial charge in [0, 0.05) is 19.6 Å². The van der Waals surface area contributed by atoms with Gasteiger partial charge in [0.2, 0.25) is 0 Å². The summed E-state index contributed by atoms with van der Waals surface area (Å²) in [7, 11) is 0. The van der Waals surface area contributed by atoms with Crippen LogP contribution in [-0.4, -0.2) is 29.1 Å². The van der Waals surface area contributed by atoms with Gasteiger partial charge in [0.25, 0.3) is 0 Å². The number of carboxylic acids is 1. The average molecular weight is 281 g/mol. The Balaban J connectivity index is 2.87. The van der Waals surface area contributed by atoms with Crippen molar-refractivity contribution >= 4 is 5.97 Å². The molecule has 0 aromatic heterocycles. The zero-order chi connectivity index (χ0) is 15.3. The van der Waals surface area contributed by atoms with Crippen molar-refractivity contribution in [3.63, 3.8) is 0 Å². The maximum atomic E-state index is 13.4. The van der Waals surface area contributed by atoms with E-state index in [2.05, 4.69) is 32.6 Å². The van der Waals surface area contributed by atoms with Crippen molar-refractivity contribution < 1.29 is 14.3 Å². The largest absolute Gasteiger partial charge is 0.478 e. The molecule has 1 rings (SSSR count). The Bertz CT molecular complexity index is 448. The first-order chi connectivity index (χ1) is 9.29. The van der Waals surface area contributed by atoms with E-state index in [1.165, 1.54) is 12.1 Å². The molecule has 0 heterocycles. The van der Waals surface area contributed by atoms with Crippen LogP contribution in [0.4, 0.5) is 4.39 Å². The van der Waals surface area contributed by atoms with Gasteiger partial charge < -0.3 is 5.11 Å². The Hall–Kier alpha value is -1.42. The maximum Gasteiger partial charge on any atom is 0.338 e. The first-order valence-electron chi connectivity index (χ1n) is 7.03. The molecule has 0 atom stereocenters. The first kappa shape index (κ1) is 16.6. The van der Waals surface area contributed by atoms with Crippen molar-refractivity contribution in [3.8, 4) is 0 Å². The van der Waals surface area contributed by atoms with E-state index in [9.17, 15) is 9.18 Å². The van der Waals surface area contributed by atoms with Crippen LogP contribution in [-0.2, 0) is 6.54 Å². The van der Waals surface area contributed by atoms with Gasteiger partial charge >= 0.3 is 5.97 Å². The molecule has 0 amide bonds. The number of benzene rings is 1. The fourth-order valence-electron chi connectivity index (χ4n) is 2.33. The minimum absolute atomic E-state index is 0.253. The van der Waals surface area contributed by atoms with Gasteiger partial charge in [-0.05, 0) is 29.5 Å². The van der Waals surface area contributed by atoms with Gasteiger partial charge in [-0.3, -0.25) is 4.90 Å². The van der Waals surface area contributed by atoms with Gasteiger partial charge in [-0.25, -0.2) is 9.18 Å². The summed E-state index contributed by atoms with van der Waals surface area (Å²) in [6.45, 7) is 11.1. The van der Waals surface area contributed by atoms with Crippen LogP contribution in [0.15, 0.2) is 18.2 Å². The Labute approximate surface area is 120 Å². The van der Waals surface area contributed by atoms with Crippen molar-refractivity contribution in [3.05, 3.63) is 35.1 Å². The van der Waals surface area contributed by atoms with Gasteiger partial charge in [0.05, 0.1) is 5.56 Å². The second kappa shape index (κ2) is 7.39. The molecule has 20 heavy (non-hydrogen) atoms. The van der Waals surface area contributed by atoms with E-state index in [1.54, 1.807) is 6.07 Å². The Morgan fingerprint density at radius 1 is 1.20 bits per heavy atom. The van der Waals surface area contributed by atoms with E-state index in [0.717, 1.165) is 18.7 Å². The minimum Gasteiger partial charge on any atom is -0.478 e. The van der Waals surface area contributed by atoms with Crippen molar-refractivity contribution in [2.24, 2.45) is 11.8 Å². The van der Waals surface area contributed by atoms with Crippen LogP contribution in [0, 0.1) is 17.7 Å². The lowest BCUT2D eigenvalue weighted by Crippen LogP contribution is -2.31. The Morgan fingerprint density at radius 2 is 1.75 bits per heavy atom. The highest BCUT2D eigenvalue weighted by atomic mass is 19.1. The van der Waals surface area contributed by atoms with Crippen molar-refractivity contribution in [2.45, 2.75) is 34.2 Å². The molecule has 0 fully saturated rings. The maximum absolute atomic E-state index is 13.4. The van der Waals surface area contributed by atoms with Gasteiger partial charge in [-0.2, -0.15) is 0 Å². The minimum atomic E-state index is -1.22. The number of aromatic carboxylic acids is 1. The molecule has 0 spiro atoms. The average Bonchev–Trinajstić information content (AvgIpc) is 2.29. The number of rotatable bonds is 7. The third kappa shape index (κ3) is 5.29. The fourth-order valence-corrected chi connectivity index (χ4v) is 2.33. The normalized spacial score (nSPS) is 11.6. The Kier molecular flexibility index (Phi) is 6.14. The number of carbonyl (C=O) groups is 1. The summed E-state index contributed by atoms with van der Waals surface area (Å²) < 4.78 is 13.4. The van der Waals surface area contributed by atoms with E-state index >= 15 is 0 Å². The third-order valence-electron chi connectivity index (χ3n) is 2.91. The smallest absolute Gasteiger partial charge is 0.338 e. The molecule has 0 aliphatic carbocycles. The lowest BCUT2D eigenvalue weighted by molar-refractivity contribution is 0.0691. The molecular weight excluding hydrogens is 257 g/mol. The van der Waals surface area contributed by atoms with Crippen LogP contribution >= 0.6 is 0 Å². The van der Waals surface area contributed by atoms with E-state index in [4.69, 9.17) is 5.11 Å². The molecule has 0 aliphatic rings. The number of carboxylic acid groups (broad SMARTS) is 1. The summed E-state index contributed by atoms with van der Waals surface area (Å²) in [5, 5.41) is 8.96. The van der Waals surface area contributed by atoms with Crippen molar-refractivity contribution in [2.75, 3.05) is 13.1 Å². The molecule has 0 radical (unpaired) electrons. The van der Waals surface area contributed by atoms with Gasteiger partial charge in [0.1, 0.15) is 5.82 Å². The lowest BCUT2D eigenvalue weighted by Gasteiger charge is -2.26. The SMILES string of the molecule is CC(C)CN(Cc1ccc(F)c(C(=O)O)c1)CC(C)C. The summed E-state index contributed by atoms with van der Waals surface area (Å²) in [4.78, 5) is 13.2. The molecule has 0 saturated heterocycles. The van der Waals surface area contributed by atoms with Crippen LogP contribution in [0.5, 0.6) is 0 Å². The van der Waals surface area contributed by atoms with Crippen LogP contribution in [0.2, 0.25) is 0 Å². The number of nitrogens with zero attached hydrogens (tertiary/aromatic N) is 1. The third-order valence-corrected chi connectivity index (χ3v) is 2.91. The van der Waals surface area contributed by atoms with Crippen molar-refractivity contribution in [1.29, 1.82) is 0 Å². The molecule has 0 unspecified atom stereocenters. The highest BCUT2D eigenvalue weighted by molar-refractivity contribution is 5.88. The molecule has 3 nitrogen and oxygen atoms in total. The van der Waals surface area contributed by atoms with E-state index in [1.807, 2.05) is 0 Å². The van der Waals surface area contributed by atoms with E-state index < -0.39 is 11.8 Å². The Morgan fingerprint density at radius 3 is 2.20 bits per heavy atom. The highest BCUT2D eigenvalue weighted by Crippen LogP contribution is 2.14. The molecule has 0 bridgehead atoms. The molecule has 4 heteroatoms. The lowest BCUT2D eigenvalue weighted by atomic mass is 10.1. The molecule has 0 aliphatic heterocycles. The van der Waals surface area contributed by atoms with Crippen LogP contribution in [0.3, 0.4) is 0 Å². The molecule has 0 saturated carbocycles. The van der Waals surface area contributed by atoms with Crippen LogP contribution in [0.1, 0.15) is 43.6 Å². The highest BCUT2D eigenvalue weighted by Gasteiger charge is 2.14. The second-order valence-electron chi connectivity index (χ2n) is 6.10. The molecule has 1 N–H and O–H groups in total. The summed E-state index contributed by atoms with van der Waals surface area (Å²) in [5.74, 6) is -0.828. The van der Waals surface area contributed by atoms with Gasteiger partial charge in [0.15, 0.2) is 0 Å². The van der Waals surface area contributed by atoms with Gasteiger partial charge in [-0.1, -0.05) is 33.8 Å². The van der Waals surface area contributed by atoms with Crippen LogP contribution < -0.4 is 0 Å². The summed E-state index contributed by atoms with van der Waals surface area (Å²) in [5.41, 5.74) is 0.585. The second-order valence-corrected chi connectivity index (χ2v) is 6.10. The predicted molar refractivity (Wildman–Crippen MR) is 78.3 cm³/mol. The number of hydrogen-bond acceptors (Lipinski definition) is 2. The zero-order valence-corrected chi connectivity index (χ0v) is 12.7. The molecule has 112 valence electrons.